The van der Waals surface area contributed by atoms with Gasteiger partial charge < -0.3 is 25.0 Å². The lowest BCUT2D eigenvalue weighted by atomic mass is 10.2. The van der Waals surface area contributed by atoms with Crippen molar-refractivity contribution in [1.29, 1.82) is 0 Å². The molecule has 1 aromatic rings. The Bertz CT molecular complexity index is 421. The second kappa shape index (κ2) is 7.48. The van der Waals surface area contributed by atoms with Crippen LogP contribution in [-0.2, 0) is 4.79 Å². The molecule has 0 aliphatic heterocycles. The van der Waals surface area contributed by atoms with Crippen LogP contribution in [0.1, 0.15) is 12.8 Å². The quantitative estimate of drug-likeness (QED) is 0.660. The molecule has 106 valence electrons. The lowest BCUT2D eigenvalue weighted by Crippen LogP contribution is -2.20. The molecule has 0 bridgehead atoms. The van der Waals surface area contributed by atoms with Crippen LogP contribution in [0.15, 0.2) is 18.2 Å². The highest BCUT2D eigenvalue weighted by atomic mass is 16.5. The number of benzene rings is 1. The normalized spacial score (nSPS) is 11.7. The maximum absolute atomic E-state index is 10.4. The number of carbonyl (C=O) groups is 1. The predicted molar refractivity (Wildman–Crippen MR) is 70.9 cm³/mol. The highest BCUT2D eigenvalue weighted by Crippen LogP contribution is 2.28. The summed E-state index contributed by atoms with van der Waals surface area (Å²) >= 11 is 0. The van der Waals surface area contributed by atoms with Crippen molar-refractivity contribution in [2.45, 2.75) is 18.9 Å². The van der Waals surface area contributed by atoms with Gasteiger partial charge in [0.2, 0.25) is 0 Å². The Morgan fingerprint density at radius 2 is 2.11 bits per heavy atom. The van der Waals surface area contributed by atoms with Crippen LogP contribution in [0, 0.1) is 0 Å². The molecule has 0 saturated heterocycles. The Kier molecular flexibility index (Phi) is 5.95. The van der Waals surface area contributed by atoms with Crippen molar-refractivity contribution in [3.63, 3.8) is 0 Å². The molecule has 19 heavy (non-hydrogen) atoms. The number of ether oxygens (including phenoxy) is 2. The minimum Gasteiger partial charge on any atom is -0.497 e. The van der Waals surface area contributed by atoms with E-state index in [-0.39, 0.29) is 19.4 Å². The largest absolute Gasteiger partial charge is 0.497 e. The Morgan fingerprint density at radius 1 is 1.37 bits per heavy atom. The van der Waals surface area contributed by atoms with Crippen LogP contribution >= 0.6 is 0 Å². The molecule has 1 aromatic carbocycles. The van der Waals surface area contributed by atoms with E-state index in [1.165, 1.54) is 0 Å². The van der Waals surface area contributed by atoms with E-state index < -0.39 is 12.1 Å². The number of methoxy groups -OCH3 is 2. The number of aliphatic hydroxyl groups excluding tert-OH is 1. The van der Waals surface area contributed by atoms with E-state index >= 15 is 0 Å². The van der Waals surface area contributed by atoms with Crippen LogP contribution < -0.4 is 14.8 Å². The van der Waals surface area contributed by atoms with Gasteiger partial charge in [0.15, 0.2) is 0 Å². The summed E-state index contributed by atoms with van der Waals surface area (Å²) in [6, 6.07) is 5.28. The van der Waals surface area contributed by atoms with Crippen molar-refractivity contribution in [3.05, 3.63) is 18.2 Å². The lowest BCUT2D eigenvalue weighted by molar-refractivity contribution is -0.137. The van der Waals surface area contributed by atoms with Gasteiger partial charge in [-0.1, -0.05) is 0 Å². The summed E-state index contributed by atoms with van der Waals surface area (Å²) in [6.45, 7) is 0.247. The number of carboxylic acids is 1. The third-order valence-corrected chi connectivity index (χ3v) is 2.63. The standard InChI is InChI=1S/C13H19NO5/c1-18-10-4-5-12(19-2)11(7-10)14-8-9(15)3-6-13(16)17/h4-5,7,9,14-15H,3,6,8H2,1-2H3,(H,16,17). The van der Waals surface area contributed by atoms with Gasteiger partial charge in [-0.3, -0.25) is 4.79 Å². The minimum absolute atomic E-state index is 0.0574. The summed E-state index contributed by atoms with van der Waals surface area (Å²) in [7, 11) is 3.11. The summed E-state index contributed by atoms with van der Waals surface area (Å²) in [6.07, 6.45) is -0.584. The zero-order valence-electron chi connectivity index (χ0n) is 11.0. The molecule has 0 aromatic heterocycles. The number of hydrogen-bond acceptors (Lipinski definition) is 5. The molecule has 1 unspecified atom stereocenters. The van der Waals surface area contributed by atoms with Gasteiger partial charge in [0.25, 0.3) is 0 Å². The molecule has 0 spiro atoms. The summed E-state index contributed by atoms with van der Waals surface area (Å²) in [5, 5.41) is 21.2. The van der Waals surface area contributed by atoms with Crippen molar-refractivity contribution in [3.8, 4) is 11.5 Å². The summed E-state index contributed by atoms with van der Waals surface area (Å²) in [5.41, 5.74) is 0.691. The number of anilines is 1. The summed E-state index contributed by atoms with van der Waals surface area (Å²) in [4.78, 5) is 10.4. The first-order valence-corrected chi connectivity index (χ1v) is 5.92. The second-order valence-corrected chi connectivity index (χ2v) is 4.03. The maximum Gasteiger partial charge on any atom is 0.303 e. The zero-order valence-corrected chi connectivity index (χ0v) is 11.0. The molecule has 1 rings (SSSR count). The van der Waals surface area contributed by atoms with Crippen molar-refractivity contribution in [2.24, 2.45) is 0 Å². The Hall–Kier alpha value is -1.95. The van der Waals surface area contributed by atoms with Crippen molar-refractivity contribution in [2.75, 3.05) is 26.1 Å². The average molecular weight is 269 g/mol. The molecule has 0 radical (unpaired) electrons. The minimum atomic E-state index is -0.919. The first kappa shape index (κ1) is 15.1. The molecule has 0 heterocycles. The second-order valence-electron chi connectivity index (χ2n) is 4.03. The number of aliphatic carboxylic acids is 1. The maximum atomic E-state index is 10.4. The number of nitrogens with one attached hydrogen (secondary N) is 1. The molecule has 0 saturated carbocycles. The Labute approximate surface area is 112 Å². The summed E-state index contributed by atoms with van der Waals surface area (Å²) < 4.78 is 10.3. The van der Waals surface area contributed by atoms with Crippen molar-refractivity contribution in [1.82, 2.24) is 0 Å². The van der Waals surface area contributed by atoms with Crippen LogP contribution in [0.5, 0.6) is 11.5 Å². The molecule has 3 N–H and O–H groups in total. The molecule has 6 nitrogen and oxygen atoms in total. The van der Waals surface area contributed by atoms with E-state index in [0.29, 0.717) is 17.2 Å². The molecular weight excluding hydrogens is 250 g/mol. The first-order chi connectivity index (χ1) is 9.06. The van der Waals surface area contributed by atoms with E-state index in [1.807, 2.05) is 0 Å². The van der Waals surface area contributed by atoms with Crippen LogP contribution in [-0.4, -0.2) is 43.1 Å². The van der Waals surface area contributed by atoms with E-state index in [1.54, 1.807) is 32.4 Å². The summed E-state index contributed by atoms with van der Waals surface area (Å²) in [5.74, 6) is 0.382. The molecular formula is C13H19NO5. The molecule has 0 fully saturated rings. The predicted octanol–water partition coefficient (Wildman–Crippen LogP) is 1.34. The third kappa shape index (κ3) is 5.05. The fraction of sp³-hybridized carbons (Fsp3) is 0.462. The van der Waals surface area contributed by atoms with Gasteiger partial charge in [-0.05, 0) is 18.6 Å². The van der Waals surface area contributed by atoms with E-state index in [2.05, 4.69) is 5.32 Å². The number of rotatable bonds is 8. The third-order valence-electron chi connectivity index (χ3n) is 2.63. The highest BCUT2D eigenvalue weighted by molar-refractivity contribution is 5.66. The van der Waals surface area contributed by atoms with Crippen LogP contribution in [0.2, 0.25) is 0 Å². The number of aliphatic hydroxyl groups is 1. The fourth-order valence-corrected chi connectivity index (χ4v) is 1.57. The number of carboxylic acid groups (broad SMARTS) is 1. The molecule has 0 aliphatic rings. The van der Waals surface area contributed by atoms with Gasteiger partial charge in [-0.2, -0.15) is 0 Å². The van der Waals surface area contributed by atoms with Gasteiger partial charge in [-0.15, -0.1) is 0 Å². The average Bonchev–Trinajstić information content (AvgIpc) is 2.42. The molecule has 0 amide bonds. The Morgan fingerprint density at radius 3 is 2.68 bits per heavy atom. The van der Waals surface area contributed by atoms with Gasteiger partial charge in [0, 0.05) is 19.0 Å². The molecule has 0 aliphatic carbocycles. The SMILES string of the molecule is COc1ccc(OC)c(NCC(O)CCC(=O)O)c1. The van der Waals surface area contributed by atoms with Crippen LogP contribution in [0.25, 0.3) is 0 Å². The number of hydrogen-bond donors (Lipinski definition) is 3. The van der Waals surface area contributed by atoms with Gasteiger partial charge in [0.1, 0.15) is 11.5 Å². The lowest BCUT2D eigenvalue weighted by Gasteiger charge is -2.15. The first-order valence-electron chi connectivity index (χ1n) is 5.92. The molecule has 1 atom stereocenters. The van der Waals surface area contributed by atoms with Crippen LogP contribution in [0.3, 0.4) is 0 Å². The smallest absolute Gasteiger partial charge is 0.303 e. The zero-order chi connectivity index (χ0) is 14.3. The fourth-order valence-electron chi connectivity index (χ4n) is 1.57. The van der Waals surface area contributed by atoms with Gasteiger partial charge >= 0.3 is 5.97 Å². The topological polar surface area (TPSA) is 88.0 Å². The van der Waals surface area contributed by atoms with Crippen molar-refractivity contribution >= 4 is 11.7 Å². The van der Waals surface area contributed by atoms with E-state index in [4.69, 9.17) is 14.6 Å². The van der Waals surface area contributed by atoms with Gasteiger partial charge in [0.05, 0.1) is 26.0 Å². The van der Waals surface area contributed by atoms with Gasteiger partial charge in [-0.25, -0.2) is 0 Å². The molecule has 6 heteroatoms. The van der Waals surface area contributed by atoms with E-state index in [0.717, 1.165) is 0 Å². The highest BCUT2D eigenvalue weighted by Gasteiger charge is 2.09. The van der Waals surface area contributed by atoms with E-state index in [9.17, 15) is 9.90 Å². The van der Waals surface area contributed by atoms with Crippen LogP contribution in [0.4, 0.5) is 5.69 Å². The Balaban J connectivity index is 2.57. The monoisotopic (exact) mass is 269 g/mol. The van der Waals surface area contributed by atoms with Crippen molar-refractivity contribution < 1.29 is 24.5 Å².